The Bertz CT molecular complexity index is 509. The van der Waals surface area contributed by atoms with E-state index >= 15 is 0 Å². The number of aryl methyl sites for hydroxylation is 1. The highest BCUT2D eigenvalue weighted by Crippen LogP contribution is 2.11. The standard InChI is InChI=1S/C15H23N5O/c1-4-6-16-14-11-13(17-12(3)18-14)15(21)20-9-7-19(5-2)8-10-20/h4,11H,1,5-10H2,2-3H3,(H,16,17,18). The van der Waals surface area contributed by atoms with Crippen molar-refractivity contribution >= 4 is 11.7 Å². The number of anilines is 1. The van der Waals surface area contributed by atoms with E-state index in [1.807, 2.05) is 4.90 Å². The Labute approximate surface area is 125 Å². The Kier molecular flexibility index (Phi) is 5.27. The van der Waals surface area contributed by atoms with Crippen molar-refractivity contribution in [2.45, 2.75) is 13.8 Å². The summed E-state index contributed by atoms with van der Waals surface area (Å²) in [5, 5.41) is 3.10. The van der Waals surface area contributed by atoms with E-state index in [2.05, 4.69) is 33.7 Å². The molecule has 1 aromatic rings. The third-order valence-corrected chi connectivity index (χ3v) is 3.59. The van der Waals surface area contributed by atoms with Crippen molar-refractivity contribution in [3.63, 3.8) is 0 Å². The summed E-state index contributed by atoms with van der Waals surface area (Å²) in [5.41, 5.74) is 0.457. The van der Waals surface area contributed by atoms with Crippen LogP contribution >= 0.6 is 0 Å². The van der Waals surface area contributed by atoms with Gasteiger partial charge in [0.15, 0.2) is 0 Å². The summed E-state index contributed by atoms with van der Waals surface area (Å²) in [6.07, 6.45) is 1.75. The van der Waals surface area contributed by atoms with Crippen LogP contribution in [0, 0.1) is 6.92 Å². The predicted octanol–water partition coefficient (Wildman–Crippen LogP) is 1.16. The van der Waals surface area contributed by atoms with Gasteiger partial charge < -0.3 is 15.1 Å². The van der Waals surface area contributed by atoms with Crippen LogP contribution in [0.25, 0.3) is 0 Å². The van der Waals surface area contributed by atoms with Crippen LogP contribution in [0.4, 0.5) is 5.82 Å². The van der Waals surface area contributed by atoms with Crippen LogP contribution in [0.1, 0.15) is 23.2 Å². The molecule has 21 heavy (non-hydrogen) atoms. The van der Waals surface area contributed by atoms with Crippen molar-refractivity contribution in [2.24, 2.45) is 0 Å². The highest BCUT2D eigenvalue weighted by Gasteiger charge is 2.22. The fraction of sp³-hybridized carbons (Fsp3) is 0.533. The fourth-order valence-electron chi connectivity index (χ4n) is 2.37. The normalized spacial score (nSPS) is 15.8. The number of likely N-dealkylation sites (N-methyl/N-ethyl adjacent to an activating group) is 1. The van der Waals surface area contributed by atoms with Crippen molar-refractivity contribution in [2.75, 3.05) is 44.6 Å². The maximum absolute atomic E-state index is 12.5. The van der Waals surface area contributed by atoms with Crippen LogP contribution in [0.5, 0.6) is 0 Å². The average molecular weight is 289 g/mol. The topological polar surface area (TPSA) is 61.4 Å². The summed E-state index contributed by atoms with van der Waals surface area (Å²) in [6, 6.07) is 1.71. The number of carbonyl (C=O) groups excluding carboxylic acids is 1. The smallest absolute Gasteiger partial charge is 0.272 e. The van der Waals surface area contributed by atoms with E-state index in [-0.39, 0.29) is 5.91 Å². The molecule has 0 aliphatic carbocycles. The molecule has 0 saturated carbocycles. The first-order valence-corrected chi connectivity index (χ1v) is 7.36. The molecule has 6 heteroatoms. The Morgan fingerprint density at radius 2 is 2.10 bits per heavy atom. The zero-order chi connectivity index (χ0) is 15.2. The number of nitrogens with zero attached hydrogens (tertiary/aromatic N) is 4. The monoisotopic (exact) mass is 289 g/mol. The van der Waals surface area contributed by atoms with Crippen LogP contribution in [-0.4, -0.2) is 64.9 Å². The minimum atomic E-state index is -0.0158. The number of nitrogens with one attached hydrogen (secondary N) is 1. The lowest BCUT2D eigenvalue weighted by Crippen LogP contribution is -2.48. The molecule has 1 amide bonds. The maximum Gasteiger partial charge on any atom is 0.272 e. The lowest BCUT2D eigenvalue weighted by molar-refractivity contribution is 0.0637. The number of aromatic nitrogens is 2. The first-order chi connectivity index (χ1) is 10.1. The number of piperazine rings is 1. The molecule has 0 bridgehead atoms. The third-order valence-electron chi connectivity index (χ3n) is 3.59. The van der Waals surface area contributed by atoms with E-state index in [0.29, 0.717) is 23.9 Å². The van der Waals surface area contributed by atoms with Gasteiger partial charge in [-0.25, -0.2) is 9.97 Å². The first-order valence-electron chi connectivity index (χ1n) is 7.36. The van der Waals surface area contributed by atoms with Crippen molar-refractivity contribution < 1.29 is 4.79 Å². The highest BCUT2D eigenvalue weighted by atomic mass is 16.2. The second-order valence-electron chi connectivity index (χ2n) is 5.08. The van der Waals surface area contributed by atoms with Gasteiger partial charge in [-0.15, -0.1) is 6.58 Å². The SMILES string of the molecule is C=CCNc1cc(C(=O)N2CCN(CC)CC2)nc(C)n1. The van der Waals surface area contributed by atoms with Gasteiger partial charge in [-0.3, -0.25) is 4.79 Å². The molecule has 0 unspecified atom stereocenters. The van der Waals surface area contributed by atoms with Crippen molar-refractivity contribution in [3.05, 3.63) is 30.2 Å². The quantitative estimate of drug-likeness (QED) is 0.824. The largest absolute Gasteiger partial charge is 0.366 e. The van der Waals surface area contributed by atoms with Crippen molar-refractivity contribution in [1.82, 2.24) is 19.8 Å². The lowest BCUT2D eigenvalue weighted by atomic mass is 10.2. The zero-order valence-electron chi connectivity index (χ0n) is 12.8. The zero-order valence-corrected chi connectivity index (χ0v) is 12.8. The van der Waals surface area contributed by atoms with Gasteiger partial charge in [-0.1, -0.05) is 13.0 Å². The minimum Gasteiger partial charge on any atom is -0.366 e. The third kappa shape index (κ3) is 4.01. The van der Waals surface area contributed by atoms with Gasteiger partial charge in [0.2, 0.25) is 0 Å². The fourth-order valence-corrected chi connectivity index (χ4v) is 2.37. The molecule has 0 aromatic carbocycles. The Morgan fingerprint density at radius 1 is 1.38 bits per heavy atom. The van der Waals surface area contributed by atoms with Gasteiger partial charge in [0.25, 0.3) is 5.91 Å². The van der Waals surface area contributed by atoms with E-state index < -0.39 is 0 Å². The summed E-state index contributed by atoms with van der Waals surface area (Å²) < 4.78 is 0. The summed E-state index contributed by atoms with van der Waals surface area (Å²) in [6.45, 7) is 12.6. The predicted molar refractivity (Wildman–Crippen MR) is 83.5 cm³/mol. The molecule has 1 N–H and O–H groups in total. The number of hydrogen-bond donors (Lipinski definition) is 1. The van der Waals surface area contributed by atoms with Gasteiger partial charge in [0, 0.05) is 38.8 Å². The molecule has 1 aliphatic rings. The molecule has 1 aromatic heterocycles. The number of rotatable bonds is 5. The molecular weight excluding hydrogens is 266 g/mol. The Hall–Kier alpha value is -1.95. The van der Waals surface area contributed by atoms with Crippen LogP contribution in [-0.2, 0) is 0 Å². The van der Waals surface area contributed by atoms with E-state index in [1.54, 1.807) is 19.1 Å². The number of amides is 1. The molecule has 0 spiro atoms. The summed E-state index contributed by atoms with van der Waals surface area (Å²) in [4.78, 5) is 25.3. The molecular formula is C15H23N5O. The van der Waals surface area contributed by atoms with Gasteiger partial charge >= 0.3 is 0 Å². The maximum atomic E-state index is 12.5. The molecule has 0 radical (unpaired) electrons. The minimum absolute atomic E-state index is 0.0158. The van der Waals surface area contributed by atoms with E-state index in [9.17, 15) is 4.79 Å². The Balaban J connectivity index is 2.08. The summed E-state index contributed by atoms with van der Waals surface area (Å²) in [7, 11) is 0. The summed E-state index contributed by atoms with van der Waals surface area (Å²) >= 11 is 0. The molecule has 0 atom stereocenters. The Morgan fingerprint density at radius 3 is 2.71 bits per heavy atom. The van der Waals surface area contributed by atoms with Crippen LogP contribution in [0.3, 0.4) is 0 Å². The molecule has 6 nitrogen and oxygen atoms in total. The molecule has 2 rings (SSSR count). The molecule has 2 heterocycles. The molecule has 1 aliphatic heterocycles. The second kappa shape index (κ2) is 7.17. The van der Waals surface area contributed by atoms with Crippen LogP contribution in [0.15, 0.2) is 18.7 Å². The van der Waals surface area contributed by atoms with Crippen LogP contribution in [0.2, 0.25) is 0 Å². The first kappa shape index (κ1) is 15.4. The molecule has 1 saturated heterocycles. The van der Waals surface area contributed by atoms with E-state index in [1.165, 1.54) is 0 Å². The average Bonchev–Trinajstić information content (AvgIpc) is 2.51. The number of hydrogen-bond acceptors (Lipinski definition) is 5. The van der Waals surface area contributed by atoms with Gasteiger partial charge in [0.05, 0.1) is 0 Å². The number of carbonyl (C=O) groups is 1. The van der Waals surface area contributed by atoms with E-state index in [0.717, 1.165) is 32.7 Å². The van der Waals surface area contributed by atoms with Gasteiger partial charge in [-0.2, -0.15) is 0 Å². The molecule has 1 fully saturated rings. The molecule has 114 valence electrons. The van der Waals surface area contributed by atoms with Crippen LogP contribution < -0.4 is 5.32 Å². The van der Waals surface area contributed by atoms with Crippen molar-refractivity contribution in [3.8, 4) is 0 Å². The van der Waals surface area contributed by atoms with Crippen molar-refractivity contribution in [1.29, 1.82) is 0 Å². The highest BCUT2D eigenvalue weighted by molar-refractivity contribution is 5.93. The second-order valence-corrected chi connectivity index (χ2v) is 5.08. The van der Waals surface area contributed by atoms with Gasteiger partial charge in [-0.05, 0) is 13.5 Å². The van der Waals surface area contributed by atoms with Gasteiger partial charge in [0.1, 0.15) is 17.3 Å². The summed E-state index contributed by atoms with van der Waals surface area (Å²) in [5.74, 6) is 1.25. The lowest BCUT2D eigenvalue weighted by Gasteiger charge is -2.33. The van der Waals surface area contributed by atoms with E-state index in [4.69, 9.17) is 0 Å².